The lowest BCUT2D eigenvalue weighted by Gasteiger charge is -2.26. The largest absolute Gasteiger partial charge is 0.394 e. The van der Waals surface area contributed by atoms with Crippen molar-refractivity contribution in [2.24, 2.45) is 0 Å². The van der Waals surface area contributed by atoms with E-state index in [2.05, 4.69) is 36.4 Å². The summed E-state index contributed by atoms with van der Waals surface area (Å²) in [6, 6.07) is 10.2. The van der Waals surface area contributed by atoms with Crippen molar-refractivity contribution in [3.63, 3.8) is 0 Å². The Hall–Kier alpha value is -3.67. The number of hydrogen-bond acceptors (Lipinski definition) is 8. The summed E-state index contributed by atoms with van der Waals surface area (Å²) in [5.74, 6) is -0.488. The molecule has 4 aromatic rings. The molecule has 5 N–H and O–H groups in total. The Balaban J connectivity index is 1.74. The van der Waals surface area contributed by atoms with Gasteiger partial charge in [-0.2, -0.15) is 10.2 Å². The van der Waals surface area contributed by atoms with Gasteiger partial charge in [0.1, 0.15) is 18.0 Å². The lowest BCUT2D eigenvalue weighted by Crippen LogP contribution is -2.32. The molecule has 0 aliphatic carbocycles. The Bertz CT molecular complexity index is 1350. The lowest BCUT2D eigenvalue weighted by atomic mass is 9.87. The van der Waals surface area contributed by atoms with Crippen LogP contribution >= 0.6 is 0 Å². The van der Waals surface area contributed by atoms with E-state index in [0.29, 0.717) is 22.6 Å². The number of aliphatic hydroxyl groups is 1. The smallest absolute Gasteiger partial charge is 0.272 e. The van der Waals surface area contributed by atoms with Crippen LogP contribution in [0.1, 0.15) is 34.6 Å². The van der Waals surface area contributed by atoms with Crippen LogP contribution in [0.2, 0.25) is 0 Å². The third-order valence-corrected chi connectivity index (χ3v) is 5.83. The highest BCUT2D eigenvalue weighted by Crippen LogP contribution is 2.41. The van der Waals surface area contributed by atoms with Crippen LogP contribution in [-0.4, -0.2) is 43.7 Å². The zero-order chi connectivity index (χ0) is 22.9. The Kier molecular flexibility index (Phi) is 5.58. The van der Waals surface area contributed by atoms with Crippen molar-refractivity contribution in [1.82, 2.24) is 35.7 Å². The third kappa shape index (κ3) is 3.75. The Morgan fingerprint density at radius 2 is 2.06 bits per heavy atom. The quantitative estimate of drug-likeness (QED) is 0.296. The summed E-state index contributed by atoms with van der Waals surface area (Å²) in [6.45, 7) is 0.863. The van der Waals surface area contributed by atoms with Crippen molar-refractivity contribution in [3.05, 3.63) is 81.5 Å². The third-order valence-electron chi connectivity index (χ3n) is 5.83. The minimum absolute atomic E-state index is 0.117. The summed E-state index contributed by atoms with van der Waals surface area (Å²) in [5.41, 5.74) is 8.87. The van der Waals surface area contributed by atoms with Gasteiger partial charge >= 0.3 is 0 Å². The monoisotopic (exact) mass is 450 g/mol. The molecule has 0 amide bonds. The molecule has 2 unspecified atom stereocenters. The zero-order valence-electron chi connectivity index (χ0n) is 17.8. The van der Waals surface area contributed by atoms with E-state index in [4.69, 9.17) is 0 Å². The van der Waals surface area contributed by atoms with E-state index in [1.54, 1.807) is 4.68 Å². The maximum absolute atomic E-state index is 14.3. The summed E-state index contributed by atoms with van der Waals surface area (Å²) < 4.78 is 15.9. The van der Waals surface area contributed by atoms with Crippen LogP contribution < -0.4 is 21.7 Å². The highest BCUT2D eigenvalue weighted by molar-refractivity contribution is 5.96. The van der Waals surface area contributed by atoms with Gasteiger partial charge in [0.15, 0.2) is 0 Å². The average Bonchev–Trinajstić information content (AvgIpc) is 3.19. The summed E-state index contributed by atoms with van der Waals surface area (Å²) in [4.78, 5) is 17.0. The molecule has 0 radical (unpaired) electrons. The highest BCUT2D eigenvalue weighted by Gasteiger charge is 2.36. The summed E-state index contributed by atoms with van der Waals surface area (Å²) in [7, 11) is 1.89. The Labute approximate surface area is 187 Å². The fourth-order valence-corrected chi connectivity index (χ4v) is 4.38. The molecule has 170 valence electrons. The van der Waals surface area contributed by atoms with Gasteiger partial charge in [0.2, 0.25) is 0 Å². The minimum Gasteiger partial charge on any atom is -0.394 e. The van der Waals surface area contributed by atoms with Gasteiger partial charge in [-0.1, -0.05) is 24.3 Å². The molecule has 0 saturated carbocycles. The first kappa shape index (κ1) is 21.2. The number of rotatable bonds is 6. The SMILES string of the molecule is CNCc1ccc(C2NNc3cc(F)cc4c(=O)[nH]nc(c34)C2c2ncnn2CCO)cc1. The number of nitrogens with zero attached hydrogens (tertiary/aromatic N) is 4. The fourth-order valence-electron chi connectivity index (χ4n) is 4.38. The first-order valence-electron chi connectivity index (χ1n) is 10.6. The number of halogens is 1. The molecule has 0 bridgehead atoms. The van der Waals surface area contributed by atoms with Gasteiger partial charge in [-0.15, -0.1) is 0 Å². The van der Waals surface area contributed by atoms with Crippen molar-refractivity contribution < 1.29 is 9.50 Å². The van der Waals surface area contributed by atoms with Gasteiger partial charge in [0.05, 0.1) is 41.9 Å². The molecule has 2 aromatic carbocycles. The van der Waals surface area contributed by atoms with Crippen LogP contribution in [-0.2, 0) is 13.1 Å². The van der Waals surface area contributed by atoms with E-state index >= 15 is 0 Å². The topological polar surface area (TPSA) is 133 Å². The second-order valence-electron chi connectivity index (χ2n) is 7.88. The van der Waals surface area contributed by atoms with Crippen LogP contribution in [0.4, 0.5) is 10.1 Å². The molecule has 10 nitrogen and oxygen atoms in total. The van der Waals surface area contributed by atoms with Crippen molar-refractivity contribution >= 4 is 16.5 Å². The fraction of sp³-hybridized carbons (Fsp3) is 0.273. The molecule has 33 heavy (non-hydrogen) atoms. The second-order valence-corrected chi connectivity index (χ2v) is 7.88. The van der Waals surface area contributed by atoms with E-state index in [-0.39, 0.29) is 18.5 Å². The number of aromatic amines is 1. The highest BCUT2D eigenvalue weighted by atomic mass is 19.1. The zero-order valence-corrected chi connectivity index (χ0v) is 17.8. The number of anilines is 1. The number of aliphatic hydroxyl groups excluding tert-OH is 1. The normalized spacial score (nSPS) is 17.7. The molecule has 2 atom stereocenters. The van der Waals surface area contributed by atoms with Crippen molar-refractivity contribution in [3.8, 4) is 0 Å². The van der Waals surface area contributed by atoms with Gasteiger partial charge in [-0.3, -0.25) is 4.79 Å². The molecular formula is C22H23FN8O2. The molecule has 3 heterocycles. The van der Waals surface area contributed by atoms with Crippen molar-refractivity contribution in [1.29, 1.82) is 0 Å². The predicted molar refractivity (Wildman–Crippen MR) is 120 cm³/mol. The van der Waals surface area contributed by atoms with Gasteiger partial charge in [0, 0.05) is 11.9 Å². The van der Waals surface area contributed by atoms with Crippen LogP contribution in [0.25, 0.3) is 10.8 Å². The van der Waals surface area contributed by atoms with Crippen LogP contribution in [0.5, 0.6) is 0 Å². The first-order valence-corrected chi connectivity index (χ1v) is 10.6. The number of nitrogens with one attached hydrogen (secondary N) is 4. The molecule has 2 aromatic heterocycles. The first-order chi connectivity index (χ1) is 16.1. The van der Waals surface area contributed by atoms with E-state index in [1.165, 1.54) is 18.5 Å². The Morgan fingerprint density at radius 1 is 1.24 bits per heavy atom. The molecule has 11 heteroatoms. The summed E-state index contributed by atoms with van der Waals surface area (Å²) >= 11 is 0. The standard InChI is InChI=1S/C22H23FN8O2/c1-24-10-12-2-4-13(5-3-12)19-18(21-25-11-26-31(21)6-7-32)20-17-15(22(33)30-29-20)8-14(23)9-16(17)27-28-19/h2-5,8-9,11,18-19,24,27-28,32H,6-7,10H2,1H3,(H,30,33). The molecular weight excluding hydrogens is 427 g/mol. The molecule has 0 spiro atoms. The van der Waals surface area contributed by atoms with E-state index in [9.17, 15) is 14.3 Å². The number of H-pyrrole nitrogens is 1. The predicted octanol–water partition coefficient (Wildman–Crippen LogP) is 1.17. The number of hydrazine groups is 1. The lowest BCUT2D eigenvalue weighted by molar-refractivity contribution is 0.265. The van der Waals surface area contributed by atoms with E-state index in [1.807, 2.05) is 31.3 Å². The number of hydrogen-bond donors (Lipinski definition) is 5. The van der Waals surface area contributed by atoms with Gasteiger partial charge in [0.25, 0.3) is 5.56 Å². The summed E-state index contributed by atoms with van der Waals surface area (Å²) in [6.07, 6.45) is 1.42. The molecule has 0 fully saturated rings. The average molecular weight is 450 g/mol. The molecule has 1 aliphatic rings. The minimum atomic E-state index is -0.538. The molecule has 1 aliphatic heterocycles. The van der Waals surface area contributed by atoms with E-state index in [0.717, 1.165) is 17.7 Å². The van der Waals surface area contributed by atoms with Gasteiger partial charge in [-0.25, -0.2) is 24.6 Å². The van der Waals surface area contributed by atoms with Gasteiger partial charge in [-0.05, 0) is 30.3 Å². The number of benzene rings is 2. The molecule has 5 rings (SSSR count). The molecule has 0 saturated heterocycles. The van der Waals surface area contributed by atoms with Crippen LogP contribution in [0, 0.1) is 5.82 Å². The number of aromatic nitrogens is 5. The van der Waals surface area contributed by atoms with Crippen LogP contribution in [0.3, 0.4) is 0 Å². The Morgan fingerprint density at radius 3 is 2.82 bits per heavy atom. The van der Waals surface area contributed by atoms with Crippen molar-refractivity contribution in [2.75, 3.05) is 19.1 Å². The van der Waals surface area contributed by atoms with Gasteiger partial charge < -0.3 is 15.8 Å². The second kappa shape index (κ2) is 8.70. The van der Waals surface area contributed by atoms with Crippen molar-refractivity contribution in [2.45, 2.75) is 25.0 Å². The summed E-state index contributed by atoms with van der Waals surface area (Å²) in [5, 5.41) is 24.5. The maximum Gasteiger partial charge on any atom is 0.272 e. The van der Waals surface area contributed by atoms with E-state index < -0.39 is 23.3 Å². The van der Waals surface area contributed by atoms with Crippen LogP contribution in [0.15, 0.2) is 47.5 Å². The maximum atomic E-state index is 14.3.